The van der Waals surface area contributed by atoms with Crippen molar-refractivity contribution in [2.75, 3.05) is 26.7 Å². The highest BCUT2D eigenvalue weighted by Crippen LogP contribution is 2.22. The van der Waals surface area contributed by atoms with Crippen molar-refractivity contribution < 1.29 is 9.84 Å². The molecule has 0 spiro atoms. The molecule has 0 aromatic heterocycles. The first-order valence-electron chi connectivity index (χ1n) is 6.23. The Labute approximate surface area is 103 Å². The summed E-state index contributed by atoms with van der Waals surface area (Å²) in [7, 11) is 1.65. The van der Waals surface area contributed by atoms with E-state index in [1.807, 2.05) is 24.3 Å². The maximum atomic E-state index is 10.2. The highest BCUT2D eigenvalue weighted by atomic mass is 16.5. The van der Waals surface area contributed by atoms with Gasteiger partial charge in [-0.2, -0.15) is 0 Å². The van der Waals surface area contributed by atoms with Crippen molar-refractivity contribution in [1.29, 1.82) is 0 Å². The van der Waals surface area contributed by atoms with E-state index in [0.29, 0.717) is 0 Å². The number of β-amino-alcohol motifs (C(OH)–C–C–N with tert-alkyl or cyclic N) is 1. The molecule has 2 rings (SSSR count). The summed E-state index contributed by atoms with van der Waals surface area (Å²) in [6.45, 7) is 5.18. The van der Waals surface area contributed by atoms with Crippen molar-refractivity contribution in [2.24, 2.45) is 5.92 Å². The molecule has 0 saturated carbocycles. The predicted octanol–water partition coefficient (Wildman–Crippen LogP) is 2.07. The van der Waals surface area contributed by atoms with Crippen LogP contribution >= 0.6 is 0 Å². The zero-order chi connectivity index (χ0) is 12.3. The molecule has 1 heterocycles. The van der Waals surface area contributed by atoms with Crippen molar-refractivity contribution in [2.45, 2.75) is 19.4 Å². The minimum atomic E-state index is -0.421. The van der Waals surface area contributed by atoms with Gasteiger partial charge < -0.3 is 14.7 Å². The summed E-state index contributed by atoms with van der Waals surface area (Å²) >= 11 is 0. The number of hydrogen-bond acceptors (Lipinski definition) is 3. The minimum Gasteiger partial charge on any atom is -0.497 e. The highest BCUT2D eigenvalue weighted by Gasteiger charge is 2.21. The normalized spacial score (nSPS) is 22.6. The maximum Gasteiger partial charge on any atom is 0.119 e. The topological polar surface area (TPSA) is 32.7 Å². The van der Waals surface area contributed by atoms with Crippen LogP contribution < -0.4 is 4.74 Å². The van der Waals surface area contributed by atoms with Gasteiger partial charge in [0.2, 0.25) is 0 Å². The molecule has 2 unspecified atom stereocenters. The highest BCUT2D eigenvalue weighted by molar-refractivity contribution is 5.29. The minimum absolute atomic E-state index is 0.421. The number of aliphatic hydroxyl groups is 1. The Hall–Kier alpha value is -1.06. The third kappa shape index (κ3) is 3.20. The fourth-order valence-corrected chi connectivity index (χ4v) is 2.39. The van der Waals surface area contributed by atoms with Crippen LogP contribution in [0.25, 0.3) is 0 Å². The summed E-state index contributed by atoms with van der Waals surface area (Å²) in [5, 5.41) is 10.2. The Morgan fingerprint density at radius 2 is 2.35 bits per heavy atom. The van der Waals surface area contributed by atoms with Crippen LogP contribution in [0.3, 0.4) is 0 Å². The van der Waals surface area contributed by atoms with E-state index < -0.39 is 6.10 Å². The predicted molar refractivity (Wildman–Crippen MR) is 68.2 cm³/mol. The van der Waals surface area contributed by atoms with E-state index in [2.05, 4.69) is 11.8 Å². The molecule has 1 N–H and O–H groups in total. The van der Waals surface area contributed by atoms with Crippen LogP contribution in [0.5, 0.6) is 5.75 Å². The average Bonchev–Trinajstić information content (AvgIpc) is 2.75. The smallest absolute Gasteiger partial charge is 0.119 e. The number of likely N-dealkylation sites (tertiary alicyclic amines) is 1. The summed E-state index contributed by atoms with van der Waals surface area (Å²) in [5.74, 6) is 1.56. The molecule has 1 saturated heterocycles. The number of hydrogen-bond donors (Lipinski definition) is 1. The molecule has 0 amide bonds. The van der Waals surface area contributed by atoms with Crippen LogP contribution in [-0.4, -0.2) is 36.8 Å². The summed E-state index contributed by atoms with van der Waals surface area (Å²) in [5.41, 5.74) is 0.934. The second-order valence-electron chi connectivity index (χ2n) is 4.95. The Bertz CT molecular complexity index is 367. The van der Waals surface area contributed by atoms with Gasteiger partial charge in [-0.25, -0.2) is 0 Å². The molecule has 94 valence electrons. The molecule has 1 aliphatic rings. The number of nitrogens with zero attached hydrogens (tertiary/aromatic N) is 1. The van der Waals surface area contributed by atoms with Gasteiger partial charge in [-0.3, -0.25) is 0 Å². The van der Waals surface area contributed by atoms with Gasteiger partial charge in [0.25, 0.3) is 0 Å². The molecule has 1 aromatic rings. The fraction of sp³-hybridized carbons (Fsp3) is 0.571. The lowest BCUT2D eigenvalue weighted by Crippen LogP contribution is -2.26. The monoisotopic (exact) mass is 235 g/mol. The summed E-state index contributed by atoms with van der Waals surface area (Å²) < 4.78 is 5.17. The lowest BCUT2D eigenvalue weighted by atomic mass is 10.1. The van der Waals surface area contributed by atoms with Gasteiger partial charge in [0.05, 0.1) is 13.2 Å². The first-order chi connectivity index (χ1) is 8.19. The van der Waals surface area contributed by atoms with Gasteiger partial charge in [-0.15, -0.1) is 0 Å². The zero-order valence-electron chi connectivity index (χ0n) is 10.6. The van der Waals surface area contributed by atoms with E-state index in [4.69, 9.17) is 4.74 Å². The second kappa shape index (κ2) is 5.52. The molecule has 0 radical (unpaired) electrons. The molecule has 3 heteroatoms. The molecule has 1 fully saturated rings. The number of rotatable bonds is 4. The summed E-state index contributed by atoms with van der Waals surface area (Å²) in [4.78, 5) is 2.33. The van der Waals surface area contributed by atoms with E-state index in [1.165, 1.54) is 6.42 Å². The Kier molecular flexibility index (Phi) is 4.02. The molecule has 1 aromatic carbocycles. The quantitative estimate of drug-likeness (QED) is 0.867. The lowest BCUT2D eigenvalue weighted by molar-refractivity contribution is 0.124. The van der Waals surface area contributed by atoms with Crippen molar-refractivity contribution in [3.05, 3.63) is 29.8 Å². The molecule has 2 atom stereocenters. The molecular weight excluding hydrogens is 214 g/mol. The number of aliphatic hydroxyl groups excluding tert-OH is 1. The van der Waals surface area contributed by atoms with Gasteiger partial charge >= 0.3 is 0 Å². The van der Waals surface area contributed by atoms with Crippen LogP contribution in [0.1, 0.15) is 25.0 Å². The van der Waals surface area contributed by atoms with E-state index in [0.717, 1.165) is 36.9 Å². The van der Waals surface area contributed by atoms with Gasteiger partial charge in [-0.05, 0) is 36.6 Å². The third-order valence-electron chi connectivity index (χ3n) is 3.42. The Morgan fingerprint density at radius 1 is 1.53 bits per heavy atom. The van der Waals surface area contributed by atoms with Gasteiger partial charge in [-0.1, -0.05) is 19.1 Å². The van der Waals surface area contributed by atoms with Crippen LogP contribution in [0.15, 0.2) is 24.3 Å². The largest absolute Gasteiger partial charge is 0.497 e. The first kappa shape index (κ1) is 12.4. The molecule has 0 bridgehead atoms. The number of benzene rings is 1. The molecule has 0 aliphatic carbocycles. The van der Waals surface area contributed by atoms with Crippen molar-refractivity contribution in [1.82, 2.24) is 4.90 Å². The average molecular weight is 235 g/mol. The Morgan fingerprint density at radius 3 is 3.00 bits per heavy atom. The Balaban J connectivity index is 1.96. The van der Waals surface area contributed by atoms with Crippen LogP contribution in [0, 0.1) is 5.92 Å². The molecule has 17 heavy (non-hydrogen) atoms. The standard InChI is InChI=1S/C14H21NO2/c1-11-6-7-15(9-11)10-14(16)12-4-3-5-13(8-12)17-2/h3-5,8,11,14,16H,6-7,9-10H2,1-2H3. The van der Waals surface area contributed by atoms with Gasteiger partial charge in [0.1, 0.15) is 5.75 Å². The number of methoxy groups -OCH3 is 1. The zero-order valence-corrected chi connectivity index (χ0v) is 10.6. The summed E-state index contributed by atoms with van der Waals surface area (Å²) in [6.07, 6.45) is 0.820. The van der Waals surface area contributed by atoms with E-state index in [-0.39, 0.29) is 0 Å². The first-order valence-corrected chi connectivity index (χ1v) is 6.23. The van der Waals surface area contributed by atoms with E-state index >= 15 is 0 Å². The SMILES string of the molecule is COc1cccc(C(O)CN2CCC(C)C2)c1. The maximum absolute atomic E-state index is 10.2. The van der Waals surface area contributed by atoms with E-state index in [9.17, 15) is 5.11 Å². The van der Waals surface area contributed by atoms with E-state index in [1.54, 1.807) is 7.11 Å². The van der Waals surface area contributed by atoms with Crippen molar-refractivity contribution in [3.63, 3.8) is 0 Å². The van der Waals surface area contributed by atoms with Crippen molar-refractivity contribution >= 4 is 0 Å². The molecular formula is C14H21NO2. The molecule has 3 nitrogen and oxygen atoms in total. The van der Waals surface area contributed by atoms with Crippen LogP contribution in [-0.2, 0) is 0 Å². The lowest BCUT2D eigenvalue weighted by Gasteiger charge is -2.20. The molecule has 1 aliphatic heterocycles. The fourth-order valence-electron chi connectivity index (χ4n) is 2.39. The third-order valence-corrected chi connectivity index (χ3v) is 3.42. The summed E-state index contributed by atoms with van der Waals surface area (Å²) in [6, 6.07) is 7.68. The second-order valence-corrected chi connectivity index (χ2v) is 4.95. The van der Waals surface area contributed by atoms with Crippen LogP contribution in [0.2, 0.25) is 0 Å². The van der Waals surface area contributed by atoms with Crippen molar-refractivity contribution in [3.8, 4) is 5.75 Å². The van der Waals surface area contributed by atoms with Gasteiger partial charge in [0.15, 0.2) is 0 Å². The van der Waals surface area contributed by atoms with Crippen LogP contribution in [0.4, 0.5) is 0 Å². The van der Waals surface area contributed by atoms with Gasteiger partial charge in [0, 0.05) is 13.1 Å². The number of ether oxygens (including phenoxy) is 1.